The Morgan fingerprint density at radius 3 is 2.46 bits per heavy atom. The lowest BCUT2D eigenvalue weighted by atomic mass is 10.0. The van der Waals surface area contributed by atoms with Crippen molar-refractivity contribution in [3.05, 3.63) is 0 Å². The van der Waals surface area contributed by atoms with E-state index in [1.807, 2.05) is 0 Å². The van der Waals surface area contributed by atoms with Gasteiger partial charge in [-0.1, -0.05) is 0 Å². The lowest BCUT2D eigenvalue weighted by molar-refractivity contribution is -0.258. The molecule has 1 fully saturated rings. The molecule has 0 unspecified atom stereocenters. The number of rotatable bonds is 2. The van der Waals surface area contributed by atoms with Gasteiger partial charge >= 0.3 is 0 Å². The van der Waals surface area contributed by atoms with Gasteiger partial charge in [0.1, 0.15) is 12.2 Å². The van der Waals surface area contributed by atoms with Gasteiger partial charge in [0.2, 0.25) is 0 Å². The highest BCUT2D eigenvalue weighted by Gasteiger charge is 2.42. The van der Waals surface area contributed by atoms with Crippen molar-refractivity contribution < 1.29 is 24.8 Å². The van der Waals surface area contributed by atoms with E-state index in [1.54, 1.807) is 0 Å². The molecule has 0 amide bonds. The Kier molecular flexibility index (Phi) is 3.96. The maximum atomic E-state index is 9.45. The topological polar surface area (TPSA) is 79.2 Å². The van der Waals surface area contributed by atoms with Crippen LogP contribution >= 0.6 is 12.6 Å². The molecule has 1 heterocycles. The minimum absolute atomic E-state index is 0.329. The number of methoxy groups -OCH3 is 1. The summed E-state index contributed by atoms with van der Waals surface area (Å²) in [6, 6.07) is 0. The highest BCUT2D eigenvalue weighted by atomic mass is 32.1. The van der Waals surface area contributed by atoms with Crippen molar-refractivity contribution in [2.24, 2.45) is 0 Å². The molecule has 6 heteroatoms. The summed E-state index contributed by atoms with van der Waals surface area (Å²) in [5, 5.41) is 27.0. The summed E-state index contributed by atoms with van der Waals surface area (Å²) >= 11 is 4.01. The Bertz CT molecular complexity index is 147. The van der Waals surface area contributed by atoms with Crippen molar-refractivity contribution in [1.82, 2.24) is 0 Å². The van der Waals surface area contributed by atoms with Gasteiger partial charge in [-0.25, -0.2) is 0 Å². The number of ether oxygens (including phenoxy) is 2. The van der Waals surface area contributed by atoms with Gasteiger partial charge in [-0.2, -0.15) is 12.6 Å². The lowest BCUT2D eigenvalue weighted by Gasteiger charge is -2.39. The summed E-state index contributed by atoms with van der Waals surface area (Å²) in [5.41, 5.74) is 0. The molecular formula is C7H14O5S. The SMILES string of the molecule is CO[C@H]1O[C@H](CO)[C@@H](O)[C@H](S)[C@@H]1O. The van der Waals surface area contributed by atoms with Crippen molar-refractivity contribution in [1.29, 1.82) is 0 Å². The maximum absolute atomic E-state index is 9.45. The third-order valence-corrected chi connectivity index (χ3v) is 2.69. The van der Waals surface area contributed by atoms with E-state index in [0.29, 0.717) is 0 Å². The van der Waals surface area contributed by atoms with Crippen LogP contribution in [0, 0.1) is 0 Å². The first-order valence-corrected chi connectivity index (χ1v) is 4.46. The summed E-state index contributed by atoms with van der Waals surface area (Å²) in [7, 11) is 1.38. The fourth-order valence-electron chi connectivity index (χ4n) is 1.26. The minimum atomic E-state index is -0.994. The van der Waals surface area contributed by atoms with Crippen LogP contribution in [-0.2, 0) is 9.47 Å². The molecule has 0 aromatic carbocycles. The average molecular weight is 210 g/mol. The maximum Gasteiger partial charge on any atom is 0.184 e. The fraction of sp³-hybridized carbons (Fsp3) is 1.00. The molecule has 13 heavy (non-hydrogen) atoms. The van der Waals surface area contributed by atoms with E-state index < -0.39 is 29.9 Å². The second kappa shape index (κ2) is 4.59. The number of aliphatic hydroxyl groups excluding tert-OH is 3. The number of aliphatic hydroxyl groups is 3. The Hall–Kier alpha value is 0.150. The standard InChI is InChI=1S/C7H14O5S/c1-11-7-5(10)6(13)4(9)3(2-8)12-7/h3-10,13H,2H2,1H3/t3-,4-,5+,6+,7+/m1/s1. The minimum Gasteiger partial charge on any atom is -0.394 e. The molecule has 0 aromatic rings. The smallest absolute Gasteiger partial charge is 0.184 e. The van der Waals surface area contributed by atoms with Crippen LogP contribution in [-0.4, -0.2) is 58.9 Å². The van der Waals surface area contributed by atoms with Crippen LogP contribution in [0.2, 0.25) is 0 Å². The number of thiol groups is 1. The molecule has 5 nitrogen and oxygen atoms in total. The molecule has 0 radical (unpaired) electrons. The molecular weight excluding hydrogens is 196 g/mol. The zero-order valence-corrected chi connectivity index (χ0v) is 8.09. The van der Waals surface area contributed by atoms with E-state index in [9.17, 15) is 10.2 Å². The molecule has 1 saturated heterocycles. The van der Waals surface area contributed by atoms with Crippen LogP contribution in [0.3, 0.4) is 0 Å². The fourth-order valence-corrected chi connectivity index (χ4v) is 1.59. The second-order valence-corrected chi connectivity index (χ2v) is 3.53. The Labute approximate surface area is 81.7 Å². The second-order valence-electron chi connectivity index (χ2n) is 2.93. The van der Waals surface area contributed by atoms with E-state index in [4.69, 9.17) is 14.6 Å². The van der Waals surface area contributed by atoms with Crippen molar-refractivity contribution in [2.45, 2.75) is 29.9 Å². The zero-order chi connectivity index (χ0) is 10.0. The molecule has 0 saturated carbocycles. The first-order valence-electron chi connectivity index (χ1n) is 3.95. The largest absolute Gasteiger partial charge is 0.394 e. The third kappa shape index (κ3) is 2.15. The van der Waals surface area contributed by atoms with Gasteiger partial charge in [-0.3, -0.25) is 0 Å². The van der Waals surface area contributed by atoms with Crippen LogP contribution in [0.1, 0.15) is 0 Å². The Balaban J connectivity index is 2.66. The Morgan fingerprint density at radius 2 is 2.00 bits per heavy atom. The van der Waals surface area contributed by atoms with Gasteiger partial charge in [0.25, 0.3) is 0 Å². The van der Waals surface area contributed by atoms with Gasteiger partial charge in [-0.05, 0) is 0 Å². The number of hydrogen-bond acceptors (Lipinski definition) is 6. The molecule has 0 aromatic heterocycles. The predicted octanol–water partition coefficient (Wildman–Crippen LogP) is -1.63. The molecule has 0 aliphatic carbocycles. The summed E-state index contributed by atoms with van der Waals surface area (Å²) < 4.78 is 9.87. The van der Waals surface area contributed by atoms with Crippen LogP contribution in [0.25, 0.3) is 0 Å². The monoisotopic (exact) mass is 210 g/mol. The van der Waals surface area contributed by atoms with Crippen LogP contribution in [0.15, 0.2) is 0 Å². The third-order valence-electron chi connectivity index (χ3n) is 2.08. The highest BCUT2D eigenvalue weighted by Crippen LogP contribution is 2.24. The predicted molar refractivity (Wildman–Crippen MR) is 47.5 cm³/mol. The van der Waals surface area contributed by atoms with E-state index in [1.165, 1.54) is 7.11 Å². The molecule has 0 bridgehead atoms. The summed E-state index contributed by atoms with van der Waals surface area (Å²) in [4.78, 5) is 0. The van der Waals surface area contributed by atoms with Gasteiger partial charge in [0.05, 0.1) is 18.0 Å². The molecule has 1 aliphatic rings. The first kappa shape index (κ1) is 11.2. The first-order chi connectivity index (χ1) is 6.11. The molecule has 5 atom stereocenters. The van der Waals surface area contributed by atoms with E-state index in [2.05, 4.69) is 12.6 Å². The van der Waals surface area contributed by atoms with Crippen LogP contribution in [0.5, 0.6) is 0 Å². The average Bonchev–Trinajstić information content (AvgIpc) is 2.15. The number of hydrogen-bond donors (Lipinski definition) is 4. The molecule has 78 valence electrons. The van der Waals surface area contributed by atoms with Crippen molar-refractivity contribution in [3.8, 4) is 0 Å². The van der Waals surface area contributed by atoms with Crippen molar-refractivity contribution in [2.75, 3.05) is 13.7 Å². The summed E-state index contributed by atoms with van der Waals surface area (Å²) in [6.45, 7) is -0.329. The quantitative estimate of drug-likeness (QED) is 0.412. The van der Waals surface area contributed by atoms with Crippen molar-refractivity contribution in [3.63, 3.8) is 0 Å². The zero-order valence-electron chi connectivity index (χ0n) is 7.20. The molecule has 3 N–H and O–H groups in total. The highest BCUT2D eigenvalue weighted by molar-refractivity contribution is 7.81. The van der Waals surface area contributed by atoms with Crippen LogP contribution < -0.4 is 0 Å². The van der Waals surface area contributed by atoms with Gasteiger partial charge in [0.15, 0.2) is 6.29 Å². The van der Waals surface area contributed by atoms with Gasteiger partial charge < -0.3 is 24.8 Å². The molecule has 1 rings (SSSR count). The van der Waals surface area contributed by atoms with Gasteiger partial charge in [0, 0.05) is 7.11 Å². The van der Waals surface area contributed by atoms with Crippen LogP contribution in [0.4, 0.5) is 0 Å². The summed E-state index contributed by atoms with van der Waals surface area (Å²) in [6.07, 6.45) is -3.58. The lowest BCUT2D eigenvalue weighted by Crippen LogP contribution is -2.56. The molecule has 0 spiro atoms. The Morgan fingerprint density at radius 1 is 1.38 bits per heavy atom. The van der Waals surface area contributed by atoms with E-state index >= 15 is 0 Å². The summed E-state index contributed by atoms with van der Waals surface area (Å²) in [5.74, 6) is 0. The van der Waals surface area contributed by atoms with Gasteiger partial charge in [-0.15, -0.1) is 0 Å². The van der Waals surface area contributed by atoms with E-state index in [-0.39, 0.29) is 6.61 Å². The molecule has 1 aliphatic heterocycles. The van der Waals surface area contributed by atoms with Crippen molar-refractivity contribution >= 4 is 12.6 Å². The normalized spacial score (nSPS) is 46.4. The van der Waals surface area contributed by atoms with E-state index in [0.717, 1.165) is 0 Å².